The highest BCUT2D eigenvalue weighted by Crippen LogP contribution is 2.29. The van der Waals surface area contributed by atoms with E-state index in [1.54, 1.807) is 42.5 Å². The minimum absolute atomic E-state index is 0.111. The molecule has 1 heterocycles. The second-order valence-corrected chi connectivity index (χ2v) is 9.11. The zero-order valence-electron chi connectivity index (χ0n) is 19.8. The number of rotatable bonds is 7. The Morgan fingerprint density at radius 2 is 1.61 bits per heavy atom. The van der Waals surface area contributed by atoms with Crippen LogP contribution in [0.2, 0.25) is 10.0 Å². The average Bonchev–Trinajstić information content (AvgIpc) is 3.15. The summed E-state index contributed by atoms with van der Waals surface area (Å²) in [7, 11) is 0. The maximum Gasteiger partial charge on any atom is 0.255 e. The van der Waals surface area contributed by atoms with Crippen LogP contribution in [0.5, 0.6) is 5.75 Å². The first kappa shape index (κ1) is 27.4. The molecule has 0 aliphatic heterocycles. The maximum absolute atomic E-state index is 14.2. The van der Waals surface area contributed by atoms with Crippen molar-refractivity contribution in [2.24, 2.45) is 0 Å². The van der Waals surface area contributed by atoms with Crippen molar-refractivity contribution in [3.05, 3.63) is 110 Å². The van der Waals surface area contributed by atoms with Gasteiger partial charge in [0.15, 0.2) is 23.3 Å². The Kier molecular flexibility index (Phi) is 7.94. The van der Waals surface area contributed by atoms with Gasteiger partial charge in [-0.25, -0.2) is 22.0 Å². The van der Waals surface area contributed by atoms with E-state index in [9.17, 15) is 26.7 Å². The lowest BCUT2D eigenvalue weighted by molar-refractivity contribution is 0.102. The summed E-state index contributed by atoms with van der Waals surface area (Å²) >= 11 is 12.0. The number of halogens is 7. The molecule has 12 heteroatoms. The van der Waals surface area contributed by atoms with Gasteiger partial charge in [-0.15, -0.1) is 0 Å². The van der Waals surface area contributed by atoms with Crippen molar-refractivity contribution in [3.8, 4) is 5.75 Å². The summed E-state index contributed by atoms with van der Waals surface area (Å²) in [5, 5.41) is 7.58. The number of nitrogens with one attached hydrogen (secondary N) is 1. The number of nitrogens with zero attached hydrogens (tertiary/aromatic N) is 2. The molecule has 1 amide bonds. The third-order valence-corrected chi connectivity index (χ3v) is 6.24. The summed E-state index contributed by atoms with van der Waals surface area (Å²) in [6.07, 6.45) is 0. The summed E-state index contributed by atoms with van der Waals surface area (Å²) in [5.41, 5.74) is 0.652. The number of hydrogen-bond acceptors (Lipinski definition) is 3. The molecule has 0 spiro atoms. The molecule has 1 N–H and O–H groups in total. The Balaban J connectivity index is 1.52. The molecule has 0 aliphatic rings. The number of carbonyl (C=O) groups excluding carboxylic acids is 1. The first-order chi connectivity index (χ1) is 18.0. The van der Waals surface area contributed by atoms with E-state index >= 15 is 0 Å². The number of benzene rings is 3. The van der Waals surface area contributed by atoms with Gasteiger partial charge in [0.2, 0.25) is 5.82 Å². The second kappa shape index (κ2) is 11.0. The summed E-state index contributed by atoms with van der Waals surface area (Å²) < 4.78 is 75.6. The topological polar surface area (TPSA) is 56.2 Å². The number of carbonyl (C=O) groups is 1. The highest BCUT2D eigenvalue weighted by molar-refractivity contribution is 6.35. The van der Waals surface area contributed by atoms with Crippen LogP contribution < -0.4 is 10.1 Å². The number of hydrogen-bond donors (Lipinski definition) is 1. The standard InChI is InChI=1S/C26H18Cl2F5N3O2/c1-12-25(13(2)36(35-12)10-17-20(29)22(31)24(33)23(32)21(17)30)34-26(37)15-5-3-4-14(8-15)11-38-19-7-6-16(27)9-18(19)28/h3-9H,10-11H2,1-2H3,(H,34,37). The molecular formula is C26H18Cl2F5N3O2. The van der Waals surface area contributed by atoms with Crippen molar-refractivity contribution in [2.75, 3.05) is 5.32 Å². The molecule has 0 fully saturated rings. The second-order valence-electron chi connectivity index (χ2n) is 8.27. The van der Waals surface area contributed by atoms with Crippen molar-refractivity contribution >= 4 is 34.8 Å². The van der Waals surface area contributed by atoms with Crippen LogP contribution in [-0.4, -0.2) is 15.7 Å². The lowest BCUT2D eigenvalue weighted by Gasteiger charge is -2.11. The van der Waals surface area contributed by atoms with Gasteiger partial charge < -0.3 is 10.1 Å². The van der Waals surface area contributed by atoms with Crippen molar-refractivity contribution in [3.63, 3.8) is 0 Å². The summed E-state index contributed by atoms with van der Waals surface area (Å²) in [6, 6.07) is 11.4. The smallest absolute Gasteiger partial charge is 0.255 e. The van der Waals surface area contributed by atoms with E-state index in [1.807, 2.05) is 0 Å². The van der Waals surface area contributed by atoms with E-state index in [4.69, 9.17) is 27.9 Å². The SMILES string of the molecule is Cc1nn(Cc2c(F)c(F)c(F)c(F)c2F)c(C)c1NC(=O)c1cccc(COc2ccc(Cl)cc2Cl)c1. The number of ether oxygens (including phenoxy) is 1. The van der Waals surface area contributed by atoms with Gasteiger partial charge in [-0.1, -0.05) is 35.3 Å². The van der Waals surface area contributed by atoms with Crippen LogP contribution in [0.3, 0.4) is 0 Å². The molecule has 1 aromatic heterocycles. The molecule has 0 atom stereocenters. The lowest BCUT2D eigenvalue weighted by atomic mass is 10.1. The summed E-state index contributed by atoms with van der Waals surface area (Å²) in [4.78, 5) is 13.0. The Labute approximate surface area is 223 Å². The molecule has 0 bridgehead atoms. The number of amides is 1. The van der Waals surface area contributed by atoms with E-state index in [0.29, 0.717) is 21.4 Å². The molecule has 0 saturated heterocycles. The van der Waals surface area contributed by atoms with Gasteiger partial charge in [0.1, 0.15) is 12.4 Å². The van der Waals surface area contributed by atoms with E-state index in [-0.39, 0.29) is 29.2 Å². The van der Waals surface area contributed by atoms with Crippen LogP contribution >= 0.6 is 23.2 Å². The molecular weight excluding hydrogens is 552 g/mol. The van der Waals surface area contributed by atoms with Gasteiger partial charge in [-0.3, -0.25) is 9.48 Å². The van der Waals surface area contributed by atoms with Crippen LogP contribution in [0.4, 0.5) is 27.6 Å². The minimum atomic E-state index is -2.24. The predicted molar refractivity (Wildman–Crippen MR) is 132 cm³/mol. The molecule has 4 rings (SSSR count). The predicted octanol–water partition coefficient (Wildman–Crippen LogP) is 7.38. The van der Waals surface area contributed by atoms with E-state index in [0.717, 1.165) is 4.68 Å². The summed E-state index contributed by atoms with van der Waals surface area (Å²) in [6.45, 7) is 2.38. The van der Waals surface area contributed by atoms with Crippen molar-refractivity contribution in [2.45, 2.75) is 27.0 Å². The number of aromatic nitrogens is 2. The van der Waals surface area contributed by atoms with Gasteiger partial charge in [-0.05, 0) is 49.7 Å². The van der Waals surface area contributed by atoms with Gasteiger partial charge in [0.05, 0.1) is 34.2 Å². The van der Waals surface area contributed by atoms with E-state index < -0.39 is 47.1 Å². The monoisotopic (exact) mass is 569 g/mol. The first-order valence-corrected chi connectivity index (χ1v) is 11.8. The van der Waals surface area contributed by atoms with E-state index in [1.165, 1.54) is 13.8 Å². The third-order valence-electron chi connectivity index (χ3n) is 5.71. The van der Waals surface area contributed by atoms with Crippen molar-refractivity contribution in [1.82, 2.24) is 9.78 Å². The van der Waals surface area contributed by atoms with Crippen molar-refractivity contribution in [1.29, 1.82) is 0 Å². The largest absolute Gasteiger partial charge is 0.487 e. The Morgan fingerprint density at radius 3 is 2.26 bits per heavy atom. The minimum Gasteiger partial charge on any atom is -0.487 e. The Hall–Kier alpha value is -3.63. The zero-order chi connectivity index (χ0) is 27.7. The zero-order valence-corrected chi connectivity index (χ0v) is 21.3. The van der Waals surface area contributed by atoms with Crippen LogP contribution in [0.1, 0.15) is 32.9 Å². The fourth-order valence-corrected chi connectivity index (χ4v) is 4.18. The fraction of sp³-hybridized carbons (Fsp3) is 0.154. The van der Waals surface area contributed by atoms with Gasteiger partial charge in [0.25, 0.3) is 5.91 Å². The van der Waals surface area contributed by atoms with E-state index in [2.05, 4.69) is 10.4 Å². The molecule has 0 radical (unpaired) electrons. The lowest BCUT2D eigenvalue weighted by Crippen LogP contribution is -2.15. The maximum atomic E-state index is 14.2. The van der Waals surface area contributed by atoms with Crippen LogP contribution in [-0.2, 0) is 13.2 Å². The molecule has 0 aliphatic carbocycles. The number of aryl methyl sites for hydroxylation is 1. The fourth-order valence-electron chi connectivity index (χ4n) is 3.71. The molecule has 4 aromatic rings. The van der Waals surface area contributed by atoms with Crippen LogP contribution in [0.15, 0.2) is 42.5 Å². The Morgan fingerprint density at radius 1 is 0.947 bits per heavy atom. The molecule has 0 unspecified atom stereocenters. The molecule has 38 heavy (non-hydrogen) atoms. The third kappa shape index (κ3) is 5.46. The highest BCUT2D eigenvalue weighted by Gasteiger charge is 2.27. The average molecular weight is 570 g/mol. The highest BCUT2D eigenvalue weighted by atomic mass is 35.5. The normalized spacial score (nSPS) is 11.1. The summed E-state index contributed by atoms with van der Waals surface area (Å²) in [5.74, 6) is -10.3. The quantitative estimate of drug-likeness (QED) is 0.143. The van der Waals surface area contributed by atoms with Crippen LogP contribution in [0.25, 0.3) is 0 Å². The molecule has 0 saturated carbocycles. The first-order valence-electron chi connectivity index (χ1n) is 11.0. The molecule has 198 valence electrons. The van der Waals surface area contributed by atoms with Crippen LogP contribution in [0, 0.1) is 42.9 Å². The molecule has 5 nitrogen and oxygen atoms in total. The van der Waals surface area contributed by atoms with Crippen molar-refractivity contribution < 1.29 is 31.5 Å². The Bertz CT molecular complexity index is 1530. The molecule has 3 aromatic carbocycles. The van der Waals surface area contributed by atoms with Gasteiger partial charge in [0, 0.05) is 10.6 Å². The van der Waals surface area contributed by atoms with Gasteiger partial charge >= 0.3 is 0 Å². The number of anilines is 1. The van der Waals surface area contributed by atoms with Gasteiger partial charge in [-0.2, -0.15) is 5.10 Å².